The van der Waals surface area contributed by atoms with Crippen LogP contribution in [0, 0.1) is 0 Å². The van der Waals surface area contributed by atoms with Gasteiger partial charge in [0, 0.05) is 16.8 Å². The smallest absolute Gasteiger partial charge is 0.165 e. The first-order valence-electron chi connectivity index (χ1n) is 5.59. The Morgan fingerprint density at radius 3 is 2.29 bits per heavy atom. The van der Waals surface area contributed by atoms with Gasteiger partial charge in [-0.2, -0.15) is 0 Å². The lowest BCUT2D eigenvalue weighted by Gasteiger charge is -2.15. The molecule has 0 aliphatic rings. The van der Waals surface area contributed by atoms with Crippen molar-refractivity contribution in [3.63, 3.8) is 0 Å². The minimum atomic E-state index is 0.0765. The maximum atomic E-state index is 10.0. The molecule has 0 aromatic heterocycles. The number of fused-ring (bicyclic) bond motifs is 1. The summed E-state index contributed by atoms with van der Waals surface area (Å²) in [6.45, 7) is 3.93. The molecular formula is C14H16O3. The second kappa shape index (κ2) is 4.53. The summed E-state index contributed by atoms with van der Waals surface area (Å²) < 4.78 is 10.9. The molecule has 0 atom stereocenters. The monoisotopic (exact) mass is 232 g/mol. The van der Waals surface area contributed by atoms with Crippen molar-refractivity contribution in [3.05, 3.63) is 30.3 Å². The molecule has 0 radical (unpaired) electrons. The molecule has 3 nitrogen and oxygen atoms in total. The van der Waals surface area contributed by atoms with Gasteiger partial charge < -0.3 is 14.6 Å². The van der Waals surface area contributed by atoms with E-state index < -0.39 is 0 Å². The summed E-state index contributed by atoms with van der Waals surface area (Å²) in [5.74, 6) is 1.31. The number of rotatable bonds is 3. The van der Waals surface area contributed by atoms with Crippen LogP contribution in [-0.4, -0.2) is 18.3 Å². The first-order valence-corrected chi connectivity index (χ1v) is 5.59. The molecule has 17 heavy (non-hydrogen) atoms. The van der Waals surface area contributed by atoms with E-state index in [-0.39, 0.29) is 11.9 Å². The third kappa shape index (κ3) is 2.13. The van der Waals surface area contributed by atoms with Gasteiger partial charge in [0.15, 0.2) is 11.5 Å². The van der Waals surface area contributed by atoms with E-state index in [0.29, 0.717) is 5.75 Å². The van der Waals surface area contributed by atoms with E-state index in [1.165, 1.54) is 7.11 Å². The third-order valence-corrected chi connectivity index (χ3v) is 2.53. The molecule has 0 bridgehead atoms. The maximum absolute atomic E-state index is 10.0. The lowest BCUT2D eigenvalue weighted by atomic mass is 10.1. The lowest BCUT2D eigenvalue weighted by molar-refractivity contribution is 0.244. The van der Waals surface area contributed by atoms with Gasteiger partial charge in [-0.25, -0.2) is 0 Å². The molecule has 0 amide bonds. The first kappa shape index (κ1) is 11.6. The van der Waals surface area contributed by atoms with Gasteiger partial charge in [-0.15, -0.1) is 0 Å². The van der Waals surface area contributed by atoms with Crippen molar-refractivity contribution in [1.82, 2.24) is 0 Å². The fourth-order valence-corrected chi connectivity index (χ4v) is 1.81. The minimum absolute atomic E-state index is 0.0765. The number of ether oxygens (including phenoxy) is 2. The van der Waals surface area contributed by atoms with Crippen molar-refractivity contribution in [2.45, 2.75) is 20.0 Å². The number of hydrogen-bond donors (Lipinski definition) is 1. The molecule has 0 aliphatic heterocycles. The fourth-order valence-electron chi connectivity index (χ4n) is 1.81. The number of hydrogen-bond acceptors (Lipinski definition) is 3. The summed E-state index contributed by atoms with van der Waals surface area (Å²) >= 11 is 0. The normalized spacial score (nSPS) is 10.8. The van der Waals surface area contributed by atoms with Gasteiger partial charge in [-0.1, -0.05) is 24.3 Å². The number of methoxy groups -OCH3 is 1. The van der Waals surface area contributed by atoms with Crippen molar-refractivity contribution < 1.29 is 14.6 Å². The highest BCUT2D eigenvalue weighted by molar-refractivity contribution is 5.95. The van der Waals surface area contributed by atoms with E-state index in [1.807, 2.05) is 38.1 Å². The van der Waals surface area contributed by atoms with Crippen LogP contribution in [0.4, 0.5) is 0 Å². The van der Waals surface area contributed by atoms with Crippen molar-refractivity contribution in [1.29, 1.82) is 0 Å². The van der Waals surface area contributed by atoms with Crippen LogP contribution in [-0.2, 0) is 0 Å². The molecule has 2 aromatic carbocycles. The van der Waals surface area contributed by atoms with Crippen molar-refractivity contribution in [2.75, 3.05) is 7.11 Å². The van der Waals surface area contributed by atoms with Crippen LogP contribution >= 0.6 is 0 Å². The van der Waals surface area contributed by atoms with Crippen LogP contribution in [0.15, 0.2) is 30.3 Å². The van der Waals surface area contributed by atoms with Crippen LogP contribution in [0.25, 0.3) is 10.8 Å². The second-order valence-corrected chi connectivity index (χ2v) is 4.14. The maximum Gasteiger partial charge on any atom is 0.165 e. The van der Waals surface area contributed by atoms with Gasteiger partial charge in [-0.05, 0) is 13.8 Å². The molecule has 3 heteroatoms. The zero-order valence-corrected chi connectivity index (χ0v) is 10.2. The van der Waals surface area contributed by atoms with E-state index in [9.17, 15) is 5.11 Å². The first-order chi connectivity index (χ1) is 8.13. The van der Waals surface area contributed by atoms with E-state index in [2.05, 4.69) is 0 Å². The van der Waals surface area contributed by atoms with Gasteiger partial charge in [0.25, 0.3) is 0 Å². The number of phenolic OH excluding ortho intramolecular Hbond substituents is 1. The summed E-state index contributed by atoms with van der Waals surface area (Å²) in [7, 11) is 1.53. The standard InChI is InChI=1S/C14H16O3/c1-9(2)17-12-8-13(16-3)14(15)11-7-5-4-6-10(11)12/h4-9,15H,1-3H3. The van der Waals surface area contributed by atoms with E-state index in [1.54, 1.807) is 6.07 Å². The van der Waals surface area contributed by atoms with Crippen LogP contribution in [0.1, 0.15) is 13.8 Å². The Balaban J connectivity index is 2.69. The highest BCUT2D eigenvalue weighted by atomic mass is 16.5. The molecule has 0 unspecified atom stereocenters. The molecule has 0 heterocycles. The SMILES string of the molecule is COc1cc(OC(C)C)c2ccccc2c1O. The Labute approximate surface area is 101 Å². The van der Waals surface area contributed by atoms with Gasteiger partial charge >= 0.3 is 0 Å². The van der Waals surface area contributed by atoms with Gasteiger partial charge in [0.2, 0.25) is 0 Å². The van der Waals surface area contributed by atoms with Crippen LogP contribution in [0.3, 0.4) is 0 Å². The Morgan fingerprint density at radius 1 is 1.06 bits per heavy atom. The van der Waals surface area contributed by atoms with Gasteiger partial charge in [0.1, 0.15) is 5.75 Å². The Bertz CT molecular complexity index is 532. The van der Waals surface area contributed by atoms with Crippen LogP contribution in [0.2, 0.25) is 0 Å². The Hall–Kier alpha value is -1.90. The minimum Gasteiger partial charge on any atom is -0.504 e. The molecule has 0 aliphatic carbocycles. The number of aromatic hydroxyl groups is 1. The summed E-state index contributed by atoms with van der Waals surface area (Å²) in [6.07, 6.45) is 0.0765. The molecule has 0 saturated heterocycles. The average Bonchev–Trinajstić information content (AvgIpc) is 2.32. The predicted octanol–water partition coefficient (Wildman–Crippen LogP) is 3.34. The Kier molecular flexibility index (Phi) is 3.09. The lowest BCUT2D eigenvalue weighted by Crippen LogP contribution is -2.06. The van der Waals surface area contributed by atoms with E-state index in [0.717, 1.165) is 16.5 Å². The number of phenols is 1. The third-order valence-electron chi connectivity index (χ3n) is 2.53. The molecule has 2 aromatic rings. The van der Waals surface area contributed by atoms with Gasteiger partial charge in [-0.3, -0.25) is 0 Å². The van der Waals surface area contributed by atoms with Gasteiger partial charge in [0.05, 0.1) is 13.2 Å². The summed E-state index contributed by atoms with van der Waals surface area (Å²) in [5.41, 5.74) is 0. The predicted molar refractivity (Wildman–Crippen MR) is 67.9 cm³/mol. The van der Waals surface area contributed by atoms with Crippen molar-refractivity contribution >= 4 is 10.8 Å². The molecule has 0 fully saturated rings. The zero-order chi connectivity index (χ0) is 12.4. The number of benzene rings is 2. The highest BCUT2D eigenvalue weighted by Crippen LogP contribution is 2.40. The highest BCUT2D eigenvalue weighted by Gasteiger charge is 2.13. The Morgan fingerprint density at radius 2 is 1.71 bits per heavy atom. The second-order valence-electron chi connectivity index (χ2n) is 4.14. The molecular weight excluding hydrogens is 216 g/mol. The van der Waals surface area contributed by atoms with E-state index >= 15 is 0 Å². The van der Waals surface area contributed by atoms with Crippen molar-refractivity contribution in [3.8, 4) is 17.2 Å². The molecule has 0 spiro atoms. The van der Waals surface area contributed by atoms with Crippen molar-refractivity contribution in [2.24, 2.45) is 0 Å². The summed E-state index contributed by atoms with van der Waals surface area (Å²) in [4.78, 5) is 0. The average molecular weight is 232 g/mol. The summed E-state index contributed by atoms with van der Waals surface area (Å²) in [5, 5.41) is 11.7. The summed E-state index contributed by atoms with van der Waals surface area (Å²) in [6, 6.07) is 9.28. The molecule has 1 N–H and O–H groups in total. The molecule has 2 rings (SSSR count). The molecule has 0 saturated carbocycles. The quantitative estimate of drug-likeness (QED) is 0.882. The van der Waals surface area contributed by atoms with Crippen LogP contribution < -0.4 is 9.47 Å². The zero-order valence-electron chi connectivity index (χ0n) is 10.2. The van der Waals surface area contributed by atoms with Crippen LogP contribution in [0.5, 0.6) is 17.2 Å². The molecule has 90 valence electrons. The van der Waals surface area contributed by atoms with E-state index in [4.69, 9.17) is 9.47 Å². The topological polar surface area (TPSA) is 38.7 Å². The fraction of sp³-hybridized carbons (Fsp3) is 0.286. The largest absolute Gasteiger partial charge is 0.504 e.